The van der Waals surface area contributed by atoms with Gasteiger partial charge >= 0.3 is 5.97 Å². The summed E-state index contributed by atoms with van der Waals surface area (Å²) in [5.41, 5.74) is 0.0480. The molecule has 1 aliphatic heterocycles. The summed E-state index contributed by atoms with van der Waals surface area (Å²) >= 11 is 0. The van der Waals surface area contributed by atoms with Gasteiger partial charge in [-0.2, -0.15) is 0 Å². The highest BCUT2D eigenvalue weighted by atomic mass is 32.2. The number of rotatable bonds is 3. The minimum atomic E-state index is -2.96. The van der Waals surface area contributed by atoms with E-state index in [9.17, 15) is 13.2 Å². The number of carboxylic acids is 1. The second-order valence-corrected chi connectivity index (χ2v) is 5.77. The van der Waals surface area contributed by atoms with Crippen molar-refractivity contribution in [1.82, 2.24) is 0 Å². The molecule has 0 aromatic heterocycles. The molecule has 16 heavy (non-hydrogen) atoms. The number of hydrogen-bond acceptors (Lipinski definition) is 4. The summed E-state index contributed by atoms with van der Waals surface area (Å²) in [6.45, 7) is 0. The third-order valence-electron chi connectivity index (χ3n) is 2.29. The van der Waals surface area contributed by atoms with E-state index < -0.39 is 21.9 Å². The van der Waals surface area contributed by atoms with Crippen LogP contribution in [0.15, 0.2) is 24.3 Å². The molecule has 0 radical (unpaired) electrons. The van der Waals surface area contributed by atoms with E-state index in [0.717, 1.165) is 0 Å². The van der Waals surface area contributed by atoms with Gasteiger partial charge in [0.25, 0.3) is 0 Å². The molecule has 2 rings (SSSR count). The molecule has 1 heterocycles. The summed E-state index contributed by atoms with van der Waals surface area (Å²) < 4.78 is 27.1. The van der Waals surface area contributed by atoms with Crippen LogP contribution in [0.3, 0.4) is 0 Å². The predicted molar refractivity (Wildman–Crippen MR) is 56.5 cm³/mol. The van der Waals surface area contributed by atoms with Crippen LogP contribution in [0.2, 0.25) is 0 Å². The van der Waals surface area contributed by atoms with E-state index in [-0.39, 0.29) is 22.8 Å². The van der Waals surface area contributed by atoms with Crippen molar-refractivity contribution >= 4 is 15.8 Å². The SMILES string of the molecule is O=C(O)c1ccccc1OC1CS(=O)(=O)C1. The Morgan fingerprint density at radius 1 is 1.31 bits per heavy atom. The highest BCUT2D eigenvalue weighted by molar-refractivity contribution is 7.92. The van der Waals surface area contributed by atoms with Crippen LogP contribution in [0, 0.1) is 0 Å². The van der Waals surface area contributed by atoms with Gasteiger partial charge in [-0.05, 0) is 12.1 Å². The van der Waals surface area contributed by atoms with E-state index in [2.05, 4.69) is 0 Å². The van der Waals surface area contributed by atoms with E-state index in [0.29, 0.717) is 0 Å². The molecule has 86 valence electrons. The first-order chi connectivity index (χ1) is 7.48. The zero-order chi connectivity index (χ0) is 11.8. The Morgan fingerprint density at radius 3 is 2.50 bits per heavy atom. The maximum absolute atomic E-state index is 10.9. The minimum Gasteiger partial charge on any atom is -0.487 e. The van der Waals surface area contributed by atoms with Crippen molar-refractivity contribution in [3.05, 3.63) is 29.8 Å². The van der Waals surface area contributed by atoms with Crippen LogP contribution < -0.4 is 4.74 Å². The Bertz CT molecular complexity index is 508. The van der Waals surface area contributed by atoms with Crippen molar-refractivity contribution in [1.29, 1.82) is 0 Å². The highest BCUT2D eigenvalue weighted by Gasteiger charge is 2.35. The van der Waals surface area contributed by atoms with Gasteiger partial charge in [0.15, 0.2) is 9.84 Å². The summed E-state index contributed by atoms with van der Waals surface area (Å²) in [6, 6.07) is 6.18. The van der Waals surface area contributed by atoms with Gasteiger partial charge in [-0.3, -0.25) is 0 Å². The highest BCUT2D eigenvalue weighted by Crippen LogP contribution is 2.23. The molecule has 0 amide bonds. The van der Waals surface area contributed by atoms with Gasteiger partial charge in [-0.15, -0.1) is 0 Å². The Balaban J connectivity index is 2.13. The second-order valence-electron chi connectivity index (χ2n) is 3.62. The van der Waals surface area contributed by atoms with Crippen molar-refractivity contribution in [3.8, 4) is 5.75 Å². The van der Waals surface area contributed by atoms with Gasteiger partial charge in [0, 0.05) is 0 Å². The molecule has 6 heteroatoms. The Kier molecular flexibility index (Phi) is 2.59. The second kappa shape index (κ2) is 3.79. The molecule has 0 bridgehead atoms. The normalized spacial score (nSPS) is 18.8. The standard InChI is InChI=1S/C10H10O5S/c11-10(12)8-3-1-2-4-9(8)15-7-5-16(13,14)6-7/h1-4,7H,5-6H2,(H,11,12). The smallest absolute Gasteiger partial charge is 0.339 e. The number of para-hydroxylation sites is 1. The van der Waals surface area contributed by atoms with Crippen molar-refractivity contribution < 1.29 is 23.1 Å². The largest absolute Gasteiger partial charge is 0.487 e. The van der Waals surface area contributed by atoms with Gasteiger partial charge in [0.2, 0.25) is 0 Å². The summed E-state index contributed by atoms with van der Waals surface area (Å²) in [5.74, 6) is -0.949. The average molecular weight is 242 g/mol. The maximum Gasteiger partial charge on any atom is 0.339 e. The quantitative estimate of drug-likeness (QED) is 0.837. The lowest BCUT2D eigenvalue weighted by Gasteiger charge is -2.26. The Labute approximate surface area is 92.6 Å². The molecule has 1 aliphatic rings. The lowest BCUT2D eigenvalue weighted by Crippen LogP contribution is -2.45. The van der Waals surface area contributed by atoms with Crippen LogP contribution in [0.5, 0.6) is 5.75 Å². The Hall–Kier alpha value is -1.56. The number of ether oxygens (including phenoxy) is 1. The first-order valence-electron chi connectivity index (χ1n) is 4.67. The van der Waals surface area contributed by atoms with Gasteiger partial charge in [-0.25, -0.2) is 13.2 Å². The molecule has 1 saturated heterocycles. The van der Waals surface area contributed by atoms with Crippen LogP contribution in [0.25, 0.3) is 0 Å². The fourth-order valence-corrected chi connectivity index (χ4v) is 2.68. The molecule has 0 saturated carbocycles. The van der Waals surface area contributed by atoms with Crippen molar-refractivity contribution in [2.45, 2.75) is 6.10 Å². The van der Waals surface area contributed by atoms with Crippen LogP contribution in [0.4, 0.5) is 0 Å². The molecular weight excluding hydrogens is 232 g/mol. The fraction of sp³-hybridized carbons (Fsp3) is 0.300. The fourth-order valence-electron chi connectivity index (χ4n) is 1.51. The van der Waals surface area contributed by atoms with E-state index >= 15 is 0 Å². The summed E-state index contributed by atoms with van der Waals surface area (Å²) in [7, 11) is -2.96. The molecule has 1 aromatic carbocycles. The average Bonchev–Trinajstić information content (AvgIpc) is 2.15. The van der Waals surface area contributed by atoms with Crippen molar-refractivity contribution in [2.24, 2.45) is 0 Å². The topological polar surface area (TPSA) is 80.7 Å². The molecule has 0 aliphatic carbocycles. The lowest BCUT2D eigenvalue weighted by atomic mass is 10.2. The molecule has 0 unspecified atom stereocenters. The van der Waals surface area contributed by atoms with Gasteiger partial charge < -0.3 is 9.84 Å². The first kappa shape index (κ1) is 10.9. The van der Waals surface area contributed by atoms with Gasteiger partial charge in [-0.1, -0.05) is 12.1 Å². The number of carboxylic acid groups (broad SMARTS) is 1. The molecule has 0 spiro atoms. The van der Waals surface area contributed by atoms with Gasteiger partial charge in [0.1, 0.15) is 17.4 Å². The summed E-state index contributed by atoms with van der Waals surface area (Å²) in [6.07, 6.45) is -0.425. The first-order valence-corrected chi connectivity index (χ1v) is 6.49. The predicted octanol–water partition coefficient (Wildman–Crippen LogP) is 0.561. The summed E-state index contributed by atoms with van der Waals surface area (Å²) in [4.78, 5) is 10.8. The number of sulfone groups is 1. The monoisotopic (exact) mass is 242 g/mol. The van der Waals surface area contributed by atoms with Crippen molar-refractivity contribution in [2.75, 3.05) is 11.5 Å². The number of carbonyl (C=O) groups is 1. The number of hydrogen-bond donors (Lipinski definition) is 1. The van der Waals surface area contributed by atoms with E-state index in [1.165, 1.54) is 12.1 Å². The molecule has 1 aromatic rings. The van der Waals surface area contributed by atoms with Gasteiger partial charge in [0.05, 0.1) is 11.5 Å². The minimum absolute atomic E-state index is 0.0407. The molecule has 1 fully saturated rings. The molecule has 5 nitrogen and oxygen atoms in total. The zero-order valence-electron chi connectivity index (χ0n) is 8.29. The van der Waals surface area contributed by atoms with E-state index in [1.54, 1.807) is 12.1 Å². The lowest BCUT2D eigenvalue weighted by molar-refractivity contribution is 0.0690. The number of aromatic carboxylic acids is 1. The third kappa shape index (κ3) is 2.16. The van der Waals surface area contributed by atoms with Crippen LogP contribution in [0.1, 0.15) is 10.4 Å². The molecule has 0 atom stereocenters. The third-order valence-corrected chi connectivity index (χ3v) is 4.05. The zero-order valence-corrected chi connectivity index (χ0v) is 9.11. The molecule has 1 N–H and O–H groups in total. The maximum atomic E-state index is 10.9. The van der Waals surface area contributed by atoms with Crippen LogP contribution in [-0.2, 0) is 9.84 Å². The number of benzene rings is 1. The summed E-state index contributed by atoms with van der Waals surface area (Å²) in [5, 5.41) is 8.87. The van der Waals surface area contributed by atoms with E-state index in [4.69, 9.17) is 9.84 Å². The van der Waals surface area contributed by atoms with Crippen molar-refractivity contribution in [3.63, 3.8) is 0 Å². The molecular formula is C10H10O5S. The van der Waals surface area contributed by atoms with E-state index in [1.807, 2.05) is 0 Å². The van der Waals surface area contributed by atoms with Crippen LogP contribution in [-0.4, -0.2) is 37.1 Å². The Morgan fingerprint density at radius 2 is 1.94 bits per heavy atom. The van der Waals surface area contributed by atoms with Crippen LogP contribution >= 0.6 is 0 Å².